The third-order valence-electron chi connectivity index (χ3n) is 3.42. The highest BCUT2D eigenvalue weighted by Crippen LogP contribution is 2.18. The summed E-state index contributed by atoms with van der Waals surface area (Å²) in [5.41, 5.74) is 10.2. The number of rotatable bonds is 4. The molecule has 0 amide bonds. The first-order chi connectivity index (χ1) is 7.82. The van der Waals surface area contributed by atoms with Crippen LogP contribution in [-0.2, 0) is 0 Å². The monoisotopic (exact) mass is 233 g/mol. The summed E-state index contributed by atoms with van der Waals surface area (Å²) in [6.07, 6.45) is 0.432. The molecule has 1 unspecified atom stereocenters. The Morgan fingerprint density at radius 1 is 1.12 bits per heavy atom. The fourth-order valence-electron chi connectivity index (χ4n) is 1.82. The van der Waals surface area contributed by atoms with Crippen LogP contribution in [0.3, 0.4) is 0 Å². The van der Waals surface area contributed by atoms with E-state index in [2.05, 4.69) is 13.0 Å². The molecule has 0 radical (unpaired) electrons. The lowest BCUT2D eigenvalue weighted by molar-refractivity contribution is 0.0967. The van der Waals surface area contributed by atoms with Crippen molar-refractivity contribution in [2.24, 2.45) is 11.7 Å². The molecule has 0 saturated heterocycles. The second-order valence-electron chi connectivity index (χ2n) is 5.29. The molecule has 17 heavy (non-hydrogen) atoms. The Kier molecular flexibility index (Phi) is 4.47. The van der Waals surface area contributed by atoms with Gasteiger partial charge in [0.25, 0.3) is 0 Å². The van der Waals surface area contributed by atoms with Crippen molar-refractivity contribution in [2.75, 3.05) is 0 Å². The van der Waals surface area contributed by atoms with E-state index in [-0.39, 0.29) is 11.8 Å². The number of ketones is 1. The fraction of sp³-hybridized carbons (Fsp3) is 0.533. The maximum Gasteiger partial charge on any atom is 0.164 e. The number of hydrogen-bond acceptors (Lipinski definition) is 2. The van der Waals surface area contributed by atoms with Crippen molar-refractivity contribution in [1.29, 1.82) is 0 Å². The molecular formula is C15H23NO. The zero-order valence-corrected chi connectivity index (χ0v) is 11.5. The van der Waals surface area contributed by atoms with Gasteiger partial charge in [-0.15, -0.1) is 0 Å². The molecule has 0 aliphatic carbocycles. The third-order valence-corrected chi connectivity index (χ3v) is 3.42. The standard InChI is InChI=1S/C15H23NO/c1-9(2)14(16)8-15(17)13-7-11(4)10(3)6-12(13)5/h6-7,9,14H,8,16H2,1-5H3. The first-order valence-corrected chi connectivity index (χ1v) is 6.19. The largest absolute Gasteiger partial charge is 0.327 e. The smallest absolute Gasteiger partial charge is 0.164 e. The molecule has 1 aromatic rings. The lowest BCUT2D eigenvalue weighted by Gasteiger charge is -2.16. The van der Waals surface area contributed by atoms with Gasteiger partial charge >= 0.3 is 0 Å². The van der Waals surface area contributed by atoms with Gasteiger partial charge in [0.2, 0.25) is 0 Å². The van der Waals surface area contributed by atoms with Crippen LogP contribution < -0.4 is 5.73 Å². The molecule has 94 valence electrons. The van der Waals surface area contributed by atoms with Crippen LogP contribution in [0.5, 0.6) is 0 Å². The van der Waals surface area contributed by atoms with Crippen molar-refractivity contribution in [1.82, 2.24) is 0 Å². The second-order valence-corrected chi connectivity index (χ2v) is 5.29. The van der Waals surface area contributed by atoms with Gasteiger partial charge in [0, 0.05) is 18.0 Å². The minimum absolute atomic E-state index is 0.0523. The van der Waals surface area contributed by atoms with E-state index in [9.17, 15) is 4.79 Å². The Balaban J connectivity index is 2.93. The summed E-state index contributed by atoms with van der Waals surface area (Å²) in [6.45, 7) is 10.2. The number of benzene rings is 1. The number of carbonyl (C=O) groups is 1. The van der Waals surface area contributed by atoms with Crippen LogP contribution in [0.2, 0.25) is 0 Å². The van der Waals surface area contributed by atoms with Crippen molar-refractivity contribution < 1.29 is 4.79 Å². The van der Waals surface area contributed by atoms with Crippen LogP contribution in [0.25, 0.3) is 0 Å². The number of carbonyl (C=O) groups excluding carboxylic acids is 1. The van der Waals surface area contributed by atoms with Gasteiger partial charge in [-0.1, -0.05) is 19.9 Å². The summed E-state index contributed by atoms with van der Waals surface area (Å²) < 4.78 is 0. The van der Waals surface area contributed by atoms with Gasteiger partial charge in [0.05, 0.1) is 0 Å². The number of hydrogen-bond donors (Lipinski definition) is 1. The summed E-state index contributed by atoms with van der Waals surface area (Å²) >= 11 is 0. The molecule has 2 heteroatoms. The highest BCUT2D eigenvalue weighted by Gasteiger charge is 2.16. The van der Waals surface area contributed by atoms with E-state index >= 15 is 0 Å². The van der Waals surface area contributed by atoms with E-state index in [0.717, 1.165) is 16.7 Å². The number of nitrogens with two attached hydrogens (primary N) is 1. The zero-order valence-electron chi connectivity index (χ0n) is 11.5. The summed E-state index contributed by atoms with van der Waals surface area (Å²) in [5.74, 6) is 0.498. The molecule has 0 spiro atoms. The molecule has 0 heterocycles. The fourth-order valence-corrected chi connectivity index (χ4v) is 1.82. The highest BCUT2D eigenvalue weighted by molar-refractivity contribution is 5.98. The Morgan fingerprint density at radius 3 is 2.18 bits per heavy atom. The summed E-state index contributed by atoms with van der Waals surface area (Å²) in [5, 5.41) is 0. The van der Waals surface area contributed by atoms with Crippen LogP contribution in [-0.4, -0.2) is 11.8 Å². The van der Waals surface area contributed by atoms with E-state index in [0.29, 0.717) is 12.3 Å². The van der Waals surface area contributed by atoms with Gasteiger partial charge in [-0.25, -0.2) is 0 Å². The van der Waals surface area contributed by atoms with E-state index in [4.69, 9.17) is 5.73 Å². The maximum atomic E-state index is 12.2. The molecule has 0 aromatic heterocycles. The highest BCUT2D eigenvalue weighted by atomic mass is 16.1. The summed E-state index contributed by atoms with van der Waals surface area (Å²) in [6, 6.07) is 4.01. The van der Waals surface area contributed by atoms with E-state index < -0.39 is 0 Å². The van der Waals surface area contributed by atoms with Gasteiger partial charge in [-0.05, 0) is 49.4 Å². The van der Waals surface area contributed by atoms with Crippen LogP contribution in [0.4, 0.5) is 0 Å². The molecule has 0 bridgehead atoms. The van der Waals surface area contributed by atoms with Crippen molar-refractivity contribution >= 4 is 5.78 Å². The molecule has 1 aromatic carbocycles. The van der Waals surface area contributed by atoms with Crippen molar-refractivity contribution in [3.05, 3.63) is 34.4 Å². The predicted octanol–water partition coefficient (Wildman–Crippen LogP) is 3.17. The maximum absolute atomic E-state index is 12.2. The van der Waals surface area contributed by atoms with E-state index in [1.165, 1.54) is 5.56 Å². The molecule has 0 aliphatic heterocycles. The first kappa shape index (κ1) is 13.9. The Morgan fingerprint density at radius 2 is 1.65 bits per heavy atom. The van der Waals surface area contributed by atoms with Crippen LogP contribution >= 0.6 is 0 Å². The lowest BCUT2D eigenvalue weighted by Crippen LogP contribution is -2.29. The van der Waals surface area contributed by atoms with Crippen molar-refractivity contribution in [3.8, 4) is 0 Å². The van der Waals surface area contributed by atoms with E-state index in [1.807, 2.05) is 33.8 Å². The average Bonchev–Trinajstić information content (AvgIpc) is 2.22. The third kappa shape index (κ3) is 3.40. The molecule has 0 fully saturated rings. The Labute approximate surface area is 104 Å². The zero-order chi connectivity index (χ0) is 13.2. The Bertz CT molecular complexity index is 421. The molecule has 1 atom stereocenters. The summed E-state index contributed by atoms with van der Waals surface area (Å²) in [7, 11) is 0. The number of aryl methyl sites for hydroxylation is 3. The first-order valence-electron chi connectivity index (χ1n) is 6.19. The second kappa shape index (κ2) is 5.46. The number of Topliss-reactive ketones (excluding diaryl/α,β-unsaturated/α-hetero) is 1. The van der Waals surface area contributed by atoms with Crippen LogP contribution in [0.15, 0.2) is 12.1 Å². The van der Waals surface area contributed by atoms with Gasteiger partial charge in [-0.3, -0.25) is 4.79 Å². The molecule has 0 saturated carbocycles. The van der Waals surface area contributed by atoms with Gasteiger partial charge in [0.1, 0.15) is 0 Å². The lowest BCUT2D eigenvalue weighted by atomic mass is 9.92. The SMILES string of the molecule is Cc1cc(C)c(C(=O)CC(N)C(C)C)cc1C. The average molecular weight is 233 g/mol. The molecule has 0 aliphatic rings. The van der Waals surface area contributed by atoms with Crippen LogP contribution in [0.1, 0.15) is 47.3 Å². The quantitative estimate of drug-likeness (QED) is 0.812. The Hall–Kier alpha value is -1.15. The topological polar surface area (TPSA) is 43.1 Å². The van der Waals surface area contributed by atoms with E-state index in [1.54, 1.807) is 0 Å². The molecular weight excluding hydrogens is 210 g/mol. The van der Waals surface area contributed by atoms with Crippen LogP contribution in [0, 0.1) is 26.7 Å². The van der Waals surface area contributed by atoms with Crippen molar-refractivity contribution in [2.45, 2.75) is 47.1 Å². The van der Waals surface area contributed by atoms with Gasteiger partial charge < -0.3 is 5.73 Å². The minimum atomic E-state index is -0.0523. The summed E-state index contributed by atoms with van der Waals surface area (Å²) in [4.78, 5) is 12.2. The normalized spacial score (nSPS) is 12.9. The minimum Gasteiger partial charge on any atom is -0.327 e. The van der Waals surface area contributed by atoms with Crippen molar-refractivity contribution in [3.63, 3.8) is 0 Å². The molecule has 1 rings (SSSR count). The van der Waals surface area contributed by atoms with Gasteiger partial charge in [0.15, 0.2) is 5.78 Å². The van der Waals surface area contributed by atoms with Gasteiger partial charge in [-0.2, -0.15) is 0 Å². The predicted molar refractivity (Wildman–Crippen MR) is 72.4 cm³/mol. The molecule has 2 N–H and O–H groups in total. The molecule has 2 nitrogen and oxygen atoms in total.